The molecule has 0 atom stereocenters. The normalized spacial score (nSPS) is 11.6. The fraction of sp³-hybridized carbons (Fsp3) is 0. The first kappa shape index (κ1) is 28.6. The Morgan fingerprint density at radius 2 is 1.00 bits per heavy atom. The molecule has 234 valence electrons. The standard InChI is InChI=1S/C46H29N3S/c1-4-14-30(15-5-1)32-18-12-19-33(28-32)40-29-41(48-46(47-40)31-16-6-2-7-17-31)39-24-13-23-37-38-27-26-36-35-22-10-11-25-42(35)49(34-20-8-3-9-21-34)43(36)45(38)50-44(37)39/h1-29H. The molecule has 0 radical (unpaired) electrons. The molecular formula is C46H29N3S. The van der Waals surface area contributed by atoms with Crippen molar-refractivity contribution in [3.05, 3.63) is 176 Å². The van der Waals surface area contributed by atoms with Crippen LogP contribution in [0.5, 0.6) is 0 Å². The maximum Gasteiger partial charge on any atom is 0.160 e. The number of para-hydroxylation sites is 2. The Morgan fingerprint density at radius 3 is 1.82 bits per heavy atom. The molecule has 0 aliphatic rings. The third kappa shape index (κ3) is 4.65. The molecule has 7 aromatic carbocycles. The second-order valence-corrected chi connectivity index (χ2v) is 13.6. The minimum absolute atomic E-state index is 0.716. The average Bonchev–Trinajstić information content (AvgIpc) is 3.75. The van der Waals surface area contributed by atoms with E-state index in [9.17, 15) is 0 Å². The molecule has 0 N–H and O–H groups in total. The highest BCUT2D eigenvalue weighted by molar-refractivity contribution is 7.27. The second-order valence-electron chi connectivity index (χ2n) is 12.6. The zero-order chi connectivity index (χ0) is 33.0. The molecular weight excluding hydrogens is 627 g/mol. The number of aromatic nitrogens is 3. The molecule has 3 heterocycles. The fourth-order valence-electron chi connectivity index (χ4n) is 7.29. The Labute approximate surface area is 293 Å². The summed E-state index contributed by atoms with van der Waals surface area (Å²) in [7, 11) is 0. The monoisotopic (exact) mass is 655 g/mol. The molecule has 3 nitrogen and oxygen atoms in total. The van der Waals surface area contributed by atoms with Gasteiger partial charge in [0.15, 0.2) is 5.82 Å². The van der Waals surface area contributed by atoms with E-state index in [0.29, 0.717) is 5.82 Å². The molecule has 4 heteroatoms. The lowest BCUT2D eigenvalue weighted by molar-refractivity contribution is 1.19. The zero-order valence-corrected chi connectivity index (χ0v) is 27.8. The van der Waals surface area contributed by atoms with Gasteiger partial charge in [0.2, 0.25) is 0 Å². The first-order chi connectivity index (χ1) is 24.8. The topological polar surface area (TPSA) is 30.7 Å². The van der Waals surface area contributed by atoms with Gasteiger partial charge < -0.3 is 4.57 Å². The van der Waals surface area contributed by atoms with Crippen LogP contribution in [0.15, 0.2) is 176 Å². The van der Waals surface area contributed by atoms with Gasteiger partial charge in [0.05, 0.1) is 27.1 Å². The van der Waals surface area contributed by atoms with Gasteiger partial charge in [0.25, 0.3) is 0 Å². The summed E-state index contributed by atoms with van der Waals surface area (Å²) >= 11 is 1.86. The largest absolute Gasteiger partial charge is 0.308 e. The van der Waals surface area contributed by atoms with Gasteiger partial charge in [0, 0.05) is 48.6 Å². The van der Waals surface area contributed by atoms with E-state index >= 15 is 0 Å². The van der Waals surface area contributed by atoms with Crippen LogP contribution < -0.4 is 0 Å². The molecule has 10 aromatic rings. The quantitative estimate of drug-likeness (QED) is 0.185. The van der Waals surface area contributed by atoms with Crippen LogP contribution in [0.2, 0.25) is 0 Å². The van der Waals surface area contributed by atoms with E-state index in [4.69, 9.17) is 9.97 Å². The van der Waals surface area contributed by atoms with Gasteiger partial charge in [0.1, 0.15) is 0 Å². The van der Waals surface area contributed by atoms with Crippen molar-refractivity contribution in [3.8, 4) is 50.7 Å². The highest BCUT2D eigenvalue weighted by Crippen LogP contribution is 2.45. The van der Waals surface area contributed by atoms with Gasteiger partial charge in [-0.05, 0) is 41.5 Å². The molecule has 0 aliphatic carbocycles. The van der Waals surface area contributed by atoms with Gasteiger partial charge in [-0.15, -0.1) is 11.3 Å². The third-order valence-corrected chi connectivity index (χ3v) is 10.9. The van der Waals surface area contributed by atoms with E-state index in [1.165, 1.54) is 47.5 Å². The van der Waals surface area contributed by atoms with Crippen LogP contribution in [0.3, 0.4) is 0 Å². The molecule has 0 aliphatic heterocycles. The van der Waals surface area contributed by atoms with Crippen molar-refractivity contribution in [2.24, 2.45) is 0 Å². The van der Waals surface area contributed by atoms with Gasteiger partial charge in [-0.1, -0.05) is 146 Å². The zero-order valence-electron chi connectivity index (χ0n) is 27.0. The van der Waals surface area contributed by atoms with Crippen molar-refractivity contribution in [1.82, 2.24) is 14.5 Å². The Hall–Kier alpha value is -6.36. The molecule has 0 amide bonds. The van der Waals surface area contributed by atoms with E-state index < -0.39 is 0 Å². The molecule has 0 saturated carbocycles. The lowest BCUT2D eigenvalue weighted by Gasteiger charge is -2.11. The van der Waals surface area contributed by atoms with E-state index in [2.05, 4.69) is 162 Å². The molecule has 0 unspecified atom stereocenters. The van der Waals surface area contributed by atoms with Crippen molar-refractivity contribution >= 4 is 53.3 Å². The molecule has 50 heavy (non-hydrogen) atoms. The summed E-state index contributed by atoms with van der Waals surface area (Å²) in [5, 5.41) is 5.02. The molecule has 0 fully saturated rings. The highest BCUT2D eigenvalue weighted by Gasteiger charge is 2.20. The van der Waals surface area contributed by atoms with E-state index in [-0.39, 0.29) is 0 Å². The number of rotatable bonds is 5. The number of benzene rings is 7. The minimum atomic E-state index is 0.716. The van der Waals surface area contributed by atoms with E-state index in [1.807, 2.05) is 29.5 Å². The Morgan fingerprint density at radius 1 is 0.400 bits per heavy atom. The fourth-order valence-corrected chi connectivity index (χ4v) is 8.65. The van der Waals surface area contributed by atoms with Crippen LogP contribution in [0.4, 0.5) is 0 Å². The summed E-state index contributed by atoms with van der Waals surface area (Å²) in [6.45, 7) is 0. The number of hydrogen-bond donors (Lipinski definition) is 0. The first-order valence-electron chi connectivity index (χ1n) is 16.8. The smallest absolute Gasteiger partial charge is 0.160 e. The minimum Gasteiger partial charge on any atom is -0.308 e. The van der Waals surface area contributed by atoms with E-state index in [1.54, 1.807) is 0 Å². The van der Waals surface area contributed by atoms with Crippen LogP contribution >= 0.6 is 11.3 Å². The van der Waals surface area contributed by atoms with Crippen molar-refractivity contribution in [1.29, 1.82) is 0 Å². The maximum absolute atomic E-state index is 5.25. The third-order valence-electron chi connectivity index (χ3n) is 9.61. The van der Waals surface area contributed by atoms with Crippen molar-refractivity contribution in [2.45, 2.75) is 0 Å². The molecule has 0 saturated heterocycles. The van der Waals surface area contributed by atoms with Crippen LogP contribution in [-0.2, 0) is 0 Å². The summed E-state index contributed by atoms with van der Waals surface area (Å²) in [4.78, 5) is 10.4. The van der Waals surface area contributed by atoms with Gasteiger partial charge in [-0.25, -0.2) is 9.97 Å². The van der Waals surface area contributed by atoms with Gasteiger partial charge in [-0.2, -0.15) is 0 Å². The number of fused-ring (bicyclic) bond motifs is 7. The summed E-state index contributed by atoms with van der Waals surface area (Å²) < 4.78 is 4.93. The summed E-state index contributed by atoms with van der Waals surface area (Å²) in [6.07, 6.45) is 0. The molecule has 10 rings (SSSR count). The first-order valence-corrected chi connectivity index (χ1v) is 17.7. The van der Waals surface area contributed by atoms with Gasteiger partial charge >= 0.3 is 0 Å². The number of nitrogens with zero attached hydrogens (tertiary/aromatic N) is 3. The predicted octanol–water partition coefficient (Wildman–Crippen LogP) is 12.6. The lowest BCUT2D eigenvalue weighted by atomic mass is 10.00. The number of hydrogen-bond acceptors (Lipinski definition) is 3. The molecule has 3 aromatic heterocycles. The van der Waals surface area contributed by atoms with E-state index in [0.717, 1.165) is 39.3 Å². The van der Waals surface area contributed by atoms with Crippen molar-refractivity contribution < 1.29 is 0 Å². The SMILES string of the molecule is c1ccc(-c2cccc(-c3cc(-c4cccc5c4sc4c5ccc5c6ccccc6n(-c6ccccc6)c54)nc(-c4ccccc4)n3)c2)cc1. The van der Waals surface area contributed by atoms with Crippen LogP contribution in [0.25, 0.3) is 92.7 Å². The Bertz CT molecular complexity index is 2850. The molecule has 0 bridgehead atoms. The van der Waals surface area contributed by atoms with Crippen molar-refractivity contribution in [2.75, 3.05) is 0 Å². The summed E-state index contributed by atoms with van der Waals surface area (Å²) in [5.41, 5.74) is 10.9. The maximum atomic E-state index is 5.25. The Kier molecular flexibility index (Phi) is 6.68. The van der Waals surface area contributed by atoms with Crippen LogP contribution in [0.1, 0.15) is 0 Å². The molecule has 0 spiro atoms. The summed E-state index contributed by atoms with van der Waals surface area (Å²) in [6, 6.07) is 62.3. The van der Waals surface area contributed by atoms with Crippen molar-refractivity contribution in [3.63, 3.8) is 0 Å². The predicted molar refractivity (Wildman–Crippen MR) is 211 cm³/mol. The second kappa shape index (κ2) is 11.7. The lowest BCUT2D eigenvalue weighted by Crippen LogP contribution is -1.96. The Balaban J connectivity index is 1.23. The highest BCUT2D eigenvalue weighted by atomic mass is 32.1. The van der Waals surface area contributed by atoms with Gasteiger partial charge in [-0.3, -0.25) is 0 Å². The van der Waals surface area contributed by atoms with Crippen LogP contribution in [0, 0.1) is 0 Å². The average molecular weight is 656 g/mol. The number of thiophene rings is 1. The summed E-state index contributed by atoms with van der Waals surface area (Å²) in [5.74, 6) is 0.716. The van der Waals surface area contributed by atoms with Crippen LogP contribution in [-0.4, -0.2) is 14.5 Å².